The van der Waals surface area contributed by atoms with Crippen molar-refractivity contribution >= 4 is 17.5 Å². The molecule has 1 heterocycles. The zero-order valence-electron chi connectivity index (χ0n) is 15.5. The average molecular weight is 375 g/mol. The summed E-state index contributed by atoms with van der Waals surface area (Å²) >= 11 is 0. The number of ether oxygens (including phenoxy) is 1. The van der Waals surface area contributed by atoms with Gasteiger partial charge in [-0.05, 0) is 48.4 Å². The summed E-state index contributed by atoms with van der Waals surface area (Å²) in [4.78, 5) is 28.8. The van der Waals surface area contributed by atoms with Gasteiger partial charge < -0.3 is 15.4 Å². The van der Waals surface area contributed by atoms with Gasteiger partial charge in [-0.2, -0.15) is 0 Å². The predicted octanol–water partition coefficient (Wildman–Crippen LogP) is 3.32. The van der Waals surface area contributed by atoms with Crippen molar-refractivity contribution in [3.63, 3.8) is 0 Å². The van der Waals surface area contributed by atoms with Crippen LogP contribution < -0.4 is 15.4 Å². The Kier molecular flexibility index (Phi) is 6.36. The summed E-state index contributed by atoms with van der Waals surface area (Å²) in [6.45, 7) is 0.466. The Labute approximate surface area is 163 Å². The quantitative estimate of drug-likeness (QED) is 0.664. The maximum absolute atomic E-state index is 12.3. The molecule has 0 bridgehead atoms. The monoisotopic (exact) mass is 375 g/mol. The van der Waals surface area contributed by atoms with Gasteiger partial charge in [-0.3, -0.25) is 9.59 Å². The van der Waals surface area contributed by atoms with E-state index in [1.54, 1.807) is 37.4 Å². The zero-order valence-corrected chi connectivity index (χ0v) is 15.5. The molecule has 3 rings (SSSR count). The molecule has 0 atom stereocenters. The molecular formula is C22H21N3O3. The number of anilines is 1. The standard InChI is InChI=1S/C22H21N3O3/c1-28-18-12-10-16(11-13-18)14-15-23-21(26)19-8-5-9-20(25-19)22(27)24-17-6-3-2-4-7-17/h2-13H,14-15H2,1H3,(H,23,26)(H,24,27). The van der Waals surface area contributed by atoms with Crippen LogP contribution in [-0.2, 0) is 6.42 Å². The maximum Gasteiger partial charge on any atom is 0.274 e. The lowest BCUT2D eigenvalue weighted by Gasteiger charge is -2.08. The Balaban J connectivity index is 1.56. The topological polar surface area (TPSA) is 80.3 Å². The highest BCUT2D eigenvalue weighted by atomic mass is 16.5. The van der Waals surface area contributed by atoms with Crippen molar-refractivity contribution in [3.8, 4) is 5.75 Å². The fourth-order valence-electron chi connectivity index (χ4n) is 2.61. The Morgan fingerprint density at radius 2 is 1.54 bits per heavy atom. The highest BCUT2D eigenvalue weighted by Crippen LogP contribution is 2.11. The van der Waals surface area contributed by atoms with Gasteiger partial charge in [0.1, 0.15) is 17.1 Å². The van der Waals surface area contributed by atoms with E-state index in [1.165, 1.54) is 0 Å². The number of benzene rings is 2. The highest BCUT2D eigenvalue weighted by Gasteiger charge is 2.12. The van der Waals surface area contributed by atoms with Crippen molar-refractivity contribution in [2.24, 2.45) is 0 Å². The normalized spacial score (nSPS) is 10.2. The molecule has 28 heavy (non-hydrogen) atoms. The average Bonchev–Trinajstić information content (AvgIpc) is 2.75. The molecule has 142 valence electrons. The van der Waals surface area contributed by atoms with Crippen molar-refractivity contribution in [2.45, 2.75) is 6.42 Å². The van der Waals surface area contributed by atoms with Crippen molar-refractivity contribution in [1.82, 2.24) is 10.3 Å². The molecular weight excluding hydrogens is 354 g/mol. The lowest BCUT2D eigenvalue weighted by molar-refractivity contribution is 0.0949. The minimum absolute atomic E-state index is 0.187. The third-order valence-electron chi connectivity index (χ3n) is 4.10. The second-order valence-electron chi connectivity index (χ2n) is 6.08. The van der Waals surface area contributed by atoms with E-state index >= 15 is 0 Å². The van der Waals surface area contributed by atoms with Crippen molar-refractivity contribution < 1.29 is 14.3 Å². The first-order valence-corrected chi connectivity index (χ1v) is 8.90. The van der Waals surface area contributed by atoms with Gasteiger partial charge in [-0.15, -0.1) is 0 Å². The van der Waals surface area contributed by atoms with Gasteiger partial charge in [0.15, 0.2) is 0 Å². The van der Waals surface area contributed by atoms with Crippen LogP contribution in [0.2, 0.25) is 0 Å². The van der Waals surface area contributed by atoms with Gasteiger partial charge in [0, 0.05) is 12.2 Å². The smallest absolute Gasteiger partial charge is 0.274 e. The third-order valence-corrected chi connectivity index (χ3v) is 4.10. The molecule has 0 aliphatic heterocycles. The Morgan fingerprint density at radius 1 is 0.857 bits per heavy atom. The minimum Gasteiger partial charge on any atom is -0.497 e. The molecule has 2 amide bonds. The molecule has 1 aromatic heterocycles. The number of rotatable bonds is 7. The van der Waals surface area contributed by atoms with E-state index in [1.807, 2.05) is 42.5 Å². The van der Waals surface area contributed by atoms with Gasteiger partial charge in [-0.25, -0.2) is 4.98 Å². The second-order valence-corrected chi connectivity index (χ2v) is 6.08. The van der Waals surface area contributed by atoms with Gasteiger partial charge in [0.25, 0.3) is 11.8 Å². The summed E-state index contributed by atoms with van der Waals surface area (Å²) in [7, 11) is 1.62. The number of methoxy groups -OCH3 is 1. The van der Waals surface area contributed by atoms with E-state index in [2.05, 4.69) is 15.6 Å². The van der Waals surface area contributed by atoms with Crippen LogP contribution in [0.3, 0.4) is 0 Å². The molecule has 0 unspecified atom stereocenters. The molecule has 0 fully saturated rings. The number of aromatic nitrogens is 1. The number of carbonyl (C=O) groups excluding carboxylic acids is 2. The molecule has 0 spiro atoms. The SMILES string of the molecule is COc1ccc(CCNC(=O)c2cccc(C(=O)Nc3ccccc3)n2)cc1. The summed E-state index contributed by atoms with van der Waals surface area (Å²) in [5.41, 5.74) is 2.15. The summed E-state index contributed by atoms with van der Waals surface area (Å²) in [6, 6.07) is 21.6. The first-order chi connectivity index (χ1) is 13.7. The largest absolute Gasteiger partial charge is 0.497 e. The van der Waals surface area contributed by atoms with Crippen molar-refractivity contribution in [3.05, 3.63) is 89.7 Å². The van der Waals surface area contributed by atoms with Crippen molar-refractivity contribution in [2.75, 3.05) is 19.0 Å². The van der Waals surface area contributed by atoms with E-state index in [4.69, 9.17) is 4.74 Å². The number of amides is 2. The maximum atomic E-state index is 12.3. The number of para-hydroxylation sites is 1. The molecule has 0 aliphatic carbocycles. The molecule has 0 saturated carbocycles. The predicted molar refractivity (Wildman–Crippen MR) is 108 cm³/mol. The van der Waals surface area contributed by atoms with Crippen LogP contribution in [0.25, 0.3) is 0 Å². The van der Waals surface area contributed by atoms with Crippen molar-refractivity contribution in [1.29, 1.82) is 0 Å². The Hall–Kier alpha value is -3.67. The number of pyridine rings is 1. The van der Waals surface area contributed by atoms with E-state index < -0.39 is 0 Å². The van der Waals surface area contributed by atoms with E-state index in [0.29, 0.717) is 18.7 Å². The summed E-state index contributed by atoms with van der Waals surface area (Å²) < 4.78 is 5.13. The molecule has 2 N–H and O–H groups in total. The first kappa shape index (κ1) is 19.1. The number of nitrogens with zero attached hydrogens (tertiary/aromatic N) is 1. The Morgan fingerprint density at radius 3 is 2.21 bits per heavy atom. The highest BCUT2D eigenvalue weighted by molar-refractivity contribution is 6.03. The summed E-state index contributed by atoms with van der Waals surface area (Å²) in [5.74, 6) is 0.115. The number of nitrogens with one attached hydrogen (secondary N) is 2. The van der Waals surface area contributed by atoms with Gasteiger partial charge in [0.2, 0.25) is 0 Å². The van der Waals surface area contributed by atoms with Crippen LogP contribution in [0.5, 0.6) is 5.75 Å². The molecule has 6 nitrogen and oxygen atoms in total. The van der Waals surface area contributed by atoms with Crippen LogP contribution in [0, 0.1) is 0 Å². The molecule has 0 aliphatic rings. The van der Waals surface area contributed by atoms with E-state index in [9.17, 15) is 9.59 Å². The lowest BCUT2D eigenvalue weighted by atomic mass is 10.1. The van der Waals surface area contributed by atoms with Crippen LogP contribution in [-0.4, -0.2) is 30.5 Å². The number of hydrogen-bond acceptors (Lipinski definition) is 4. The fourth-order valence-corrected chi connectivity index (χ4v) is 2.61. The minimum atomic E-state index is -0.362. The van der Waals surface area contributed by atoms with Gasteiger partial charge >= 0.3 is 0 Å². The van der Waals surface area contributed by atoms with Gasteiger partial charge in [0.05, 0.1) is 7.11 Å². The molecule has 0 radical (unpaired) electrons. The number of carbonyl (C=O) groups is 2. The number of hydrogen-bond donors (Lipinski definition) is 2. The van der Waals surface area contributed by atoms with Crippen LogP contribution in [0.15, 0.2) is 72.8 Å². The lowest BCUT2D eigenvalue weighted by Crippen LogP contribution is -2.27. The zero-order chi connectivity index (χ0) is 19.8. The molecule has 3 aromatic rings. The van der Waals surface area contributed by atoms with E-state index in [0.717, 1.165) is 11.3 Å². The molecule has 2 aromatic carbocycles. The second kappa shape index (κ2) is 9.32. The molecule has 6 heteroatoms. The summed E-state index contributed by atoms with van der Waals surface area (Å²) in [6.07, 6.45) is 0.684. The van der Waals surface area contributed by atoms with Gasteiger partial charge in [-0.1, -0.05) is 36.4 Å². The molecule has 0 saturated heterocycles. The Bertz CT molecular complexity index is 941. The van der Waals surface area contributed by atoms with E-state index in [-0.39, 0.29) is 23.2 Å². The fraction of sp³-hybridized carbons (Fsp3) is 0.136. The third kappa shape index (κ3) is 5.17. The van der Waals surface area contributed by atoms with Crippen LogP contribution in [0.4, 0.5) is 5.69 Å². The van der Waals surface area contributed by atoms with Crippen LogP contribution >= 0.6 is 0 Å². The summed E-state index contributed by atoms with van der Waals surface area (Å²) in [5, 5.41) is 5.58. The van der Waals surface area contributed by atoms with Crippen LogP contribution in [0.1, 0.15) is 26.5 Å². The first-order valence-electron chi connectivity index (χ1n) is 8.90.